The number of carbonyl (C=O) groups is 2. The topological polar surface area (TPSA) is 70.5 Å². The monoisotopic (exact) mass is 371 g/mol. The number of nitrogens with one attached hydrogen (secondary N) is 1. The maximum atomic E-state index is 13.8. The van der Waals surface area contributed by atoms with Crippen LogP contribution in [-0.2, 0) is 11.3 Å². The lowest BCUT2D eigenvalue weighted by atomic mass is 9.86. The third-order valence-electron chi connectivity index (χ3n) is 5.59. The van der Waals surface area contributed by atoms with Crippen LogP contribution in [-0.4, -0.2) is 56.7 Å². The minimum Gasteiger partial charge on any atom is -0.310 e. The van der Waals surface area contributed by atoms with Crippen molar-refractivity contribution in [1.29, 1.82) is 0 Å². The highest BCUT2D eigenvalue weighted by atomic mass is 19.1. The molecule has 2 aromatic rings. The summed E-state index contributed by atoms with van der Waals surface area (Å²) in [6, 6.07) is 6.21. The number of likely N-dealkylation sites (N-methyl/N-ethyl adjacent to an activating group) is 1. The zero-order valence-electron chi connectivity index (χ0n) is 15.2. The average molecular weight is 371 g/mol. The Morgan fingerprint density at radius 1 is 1.26 bits per heavy atom. The summed E-state index contributed by atoms with van der Waals surface area (Å²) in [7, 11) is 0. The van der Waals surface area contributed by atoms with Gasteiger partial charge in [-0.3, -0.25) is 15.0 Å². The second-order valence-electron chi connectivity index (χ2n) is 7.03. The Kier molecular flexibility index (Phi) is 4.43. The predicted molar refractivity (Wildman–Crippen MR) is 96.7 cm³/mol. The van der Waals surface area contributed by atoms with E-state index in [9.17, 15) is 14.0 Å². The van der Waals surface area contributed by atoms with Crippen molar-refractivity contribution < 1.29 is 14.0 Å². The zero-order valence-corrected chi connectivity index (χ0v) is 15.2. The molecule has 3 heterocycles. The van der Waals surface area contributed by atoms with Gasteiger partial charge in [-0.05, 0) is 49.6 Å². The Morgan fingerprint density at radius 3 is 2.70 bits per heavy atom. The molecule has 7 nitrogen and oxygen atoms in total. The number of hydrogen-bond acceptors (Lipinski definition) is 4. The minimum atomic E-state index is -0.741. The van der Waals surface area contributed by atoms with E-state index < -0.39 is 5.54 Å². The lowest BCUT2D eigenvalue weighted by molar-refractivity contribution is -0.129. The van der Waals surface area contributed by atoms with Gasteiger partial charge in [0.1, 0.15) is 11.4 Å². The van der Waals surface area contributed by atoms with E-state index in [-0.39, 0.29) is 17.8 Å². The fourth-order valence-corrected chi connectivity index (χ4v) is 4.18. The molecule has 2 fully saturated rings. The molecule has 1 spiro atoms. The van der Waals surface area contributed by atoms with Crippen LogP contribution < -0.4 is 5.32 Å². The van der Waals surface area contributed by atoms with Gasteiger partial charge in [-0.1, -0.05) is 0 Å². The number of halogens is 1. The lowest BCUT2D eigenvalue weighted by Crippen LogP contribution is -2.56. The van der Waals surface area contributed by atoms with Gasteiger partial charge >= 0.3 is 6.03 Å². The summed E-state index contributed by atoms with van der Waals surface area (Å²) in [6.07, 6.45) is 4.66. The van der Waals surface area contributed by atoms with E-state index in [0.717, 1.165) is 11.3 Å². The molecule has 2 aliphatic rings. The standard InChI is InChI=1S/C19H22FN5O2/c1-2-24-18(27)22-17(26)19(24)6-10-23(11-7-19)13-14-12-15(20)4-5-16(14)25-9-3-8-21-25/h3-5,8-9,12H,2,6-7,10-11,13H2,1H3,(H,22,26,27). The number of benzene rings is 1. The number of rotatable bonds is 4. The fraction of sp³-hybridized carbons (Fsp3) is 0.421. The van der Waals surface area contributed by atoms with E-state index in [1.165, 1.54) is 12.1 Å². The summed E-state index contributed by atoms with van der Waals surface area (Å²) in [6.45, 7) is 4.27. The number of nitrogens with zero attached hydrogens (tertiary/aromatic N) is 4. The smallest absolute Gasteiger partial charge is 0.310 e. The van der Waals surface area contributed by atoms with Crippen molar-refractivity contribution >= 4 is 11.9 Å². The van der Waals surface area contributed by atoms with Crippen LogP contribution in [0, 0.1) is 5.82 Å². The highest BCUT2D eigenvalue weighted by Gasteiger charge is 2.53. The molecule has 0 unspecified atom stereocenters. The quantitative estimate of drug-likeness (QED) is 0.834. The van der Waals surface area contributed by atoms with Crippen molar-refractivity contribution in [3.8, 4) is 5.69 Å². The van der Waals surface area contributed by atoms with Crippen LogP contribution in [0.2, 0.25) is 0 Å². The van der Waals surface area contributed by atoms with E-state index in [1.54, 1.807) is 21.8 Å². The van der Waals surface area contributed by atoms with Crippen molar-refractivity contribution in [2.45, 2.75) is 31.8 Å². The van der Waals surface area contributed by atoms with Gasteiger partial charge in [0.05, 0.1) is 5.69 Å². The minimum absolute atomic E-state index is 0.197. The number of aromatic nitrogens is 2. The molecule has 3 amide bonds. The summed E-state index contributed by atoms with van der Waals surface area (Å²) in [5.41, 5.74) is 0.939. The average Bonchev–Trinajstić information content (AvgIpc) is 3.25. The Morgan fingerprint density at radius 2 is 2.04 bits per heavy atom. The Hall–Kier alpha value is -2.74. The van der Waals surface area contributed by atoms with Gasteiger partial charge in [-0.15, -0.1) is 0 Å². The van der Waals surface area contributed by atoms with Gasteiger partial charge in [0, 0.05) is 38.6 Å². The lowest BCUT2D eigenvalue weighted by Gasteiger charge is -2.42. The van der Waals surface area contributed by atoms with Crippen LogP contribution in [0.25, 0.3) is 5.69 Å². The molecule has 0 radical (unpaired) electrons. The summed E-state index contributed by atoms with van der Waals surface area (Å²) in [5.74, 6) is -0.482. The van der Waals surface area contributed by atoms with Crippen LogP contribution in [0.1, 0.15) is 25.3 Å². The van der Waals surface area contributed by atoms with Gasteiger partial charge in [-0.2, -0.15) is 5.10 Å². The van der Waals surface area contributed by atoms with Crippen molar-refractivity contribution in [3.05, 3.63) is 48.0 Å². The number of urea groups is 1. The number of amides is 3. The zero-order chi connectivity index (χ0) is 19.0. The highest BCUT2D eigenvalue weighted by molar-refractivity contribution is 6.07. The molecule has 0 atom stereocenters. The first-order valence-corrected chi connectivity index (χ1v) is 9.17. The van der Waals surface area contributed by atoms with E-state index in [4.69, 9.17) is 0 Å². The van der Waals surface area contributed by atoms with E-state index in [1.807, 2.05) is 19.2 Å². The third-order valence-corrected chi connectivity index (χ3v) is 5.59. The molecule has 2 aliphatic heterocycles. The van der Waals surface area contributed by atoms with Gasteiger partial charge in [0.25, 0.3) is 5.91 Å². The first-order valence-electron chi connectivity index (χ1n) is 9.17. The molecular weight excluding hydrogens is 349 g/mol. The maximum Gasteiger partial charge on any atom is 0.325 e. The number of piperidine rings is 1. The molecule has 1 N–H and O–H groups in total. The molecule has 0 bridgehead atoms. The van der Waals surface area contributed by atoms with Crippen LogP contribution in [0.5, 0.6) is 0 Å². The van der Waals surface area contributed by atoms with Gasteiger partial charge in [-0.25, -0.2) is 13.9 Å². The molecule has 27 heavy (non-hydrogen) atoms. The van der Waals surface area contributed by atoms with Crippen molar-refractivity contribution in [1.82, 2.24) is 24.9 Å². The van der Waals surface area contributed by atoms with Crippen molar-refractivity contribution in [3.63, 3.8) is 0 Å². The molecule has 1 aromatic heterocycles. The van der Waals surface area contributed by atoms with Crippen molar-refractivity contribution in [2.24, 2.45) is 0 Å². The Balaban J connectivity index is 1.51. The van der Waals surface area contributed by atoms with Crippen LogP contribution in [0.4, 0.5) is 9.18 Å². The summed E-state index contributed by atoms with van der Waals surface area (Å²) in [4.78, 5) is 28.2. The highest BCUT2D eigenvalue weighted by Crippen LogP contribution is 2.33. The number of likely N-dealkylation sites (tertiary alicyclic amines) is 1. The van der Waals surface area contributed by atoms with Gasteiger partial charge < -0.3 is 4.90 Å². The number of carbonyl (C=O) groups excluding carboxylic acids is 2. The maximum absolute atomic E-state index is 13.8. The SMILES string of the molecule is CCN1C(=O)NC(=O)C12CCN(Cc1cc(F)ccc1-n1cccn1)CC2. The van der Waals surface area contributed by atoms with Crippen LogP contribution in [0.15, 0.2) is 36.7 Å². The first kappa shape index (κ1) is 17.7. The first-order chi connectivity index (χ1) is 13.0. The summed E-state index contributed by atoms with van der Waals surface area (Å²) < 4.78 is 15.6. The largest absolute Gasteiger partial charge is 0.325 e. The second kappa shape index (κ2) is 6.77. The number of imide groups is 1. The van der Waals surface area contributed by atoms with Gasteiger partial charge in [0.15, 0.2) is 0 Å². The fourth-order valence-electron chi connectivity index (χ4n) is 4.18. The molecule has 142 valence electrons. The van der Waals surface area contributed by atoms with Gasteiger partial charge in [0.2, 0.25) is 0 Å². The van der Waals surface area contributed by atoms with E-state index >= 15 is 0 Å². The third kappa shape index (κ3) is 2.99. The van der Waals surface area contributed by atoms with Crippen LogP contribution in [0.3, 0.4) is 0 Å². The van der Waals surface area contributed by atoms with Crippen molar-refractivity contribution in [2.75, 3.05) is 19.6 Å². The Bertz CT molecular complexity index is 859. The molecule has 4 rings (SSSR count). The summed E-state index contributed by atoms with van der Waals surface area (Å²) in [5, 5.41) is 6.69. The van der Waals surface area contributed by atoms with E-state index in [2.05, 4.69) is 15.3 Å². The summed E-state index contributed by atoms with van der Waals surface area (Å²) >= 11 is 0. The molecule has 8 heteroatoms. The predicted octanol–water partition coefficient (Wildman–Crippen LogP) is 1.92. The molecule has 1 aromatic carbocycles. The molecule has 0 aliphatic carbocycles. The number of hydrogen-bond donors (Lipinski definition) is 1. The normalized spacial score (nSPS) is 19.7. The van der Waals surface area contributed by atoms with Crippen LogP contribution >= 0.6 is 0 Å². The second-order valence-corrected chi connectivity index (χ2v) is 7.03. The molecule has 2 saturated heterocycles. The van der Waals surface area contributed by atoms with E-state index in [0.29, 0.717) is 39.0 Å². The Labute approximate surface area is 156 Å². The molecule has 0 saturated carbocycles. The molecular formula is C19H22FN5O2.